The Morgan fingerprint density at radius 3 is 0.938 bits per heavy atom. The summed E-state index contributed by atoms with van der Waals surface area (Å²) in [6, 6.07) is 0. The minimum atomic E-state index is -0.799. The van der Waals surface area contributed by atoms with Crippen LogP contribution in [-0.4, -0.2) is 37.2 Å². The van der Waals surface area contributed by atoms with Crippen molar-refractivity contribution in [1.82, 2.24) is 0 Å². The molecule has 65 heavy (non-hydrogen) atoms. The summed E-state index contributed by atoms with van der Waals surface area (Å²) in [6.07, 6.45) is 66.5. The van der Waals surface area contributed by atoms with Gasteiger partial charge in [-0.1, -0.05) is 287 Å². The molecule has 1 atom stereocenters. The molecule has 0 radical (unpaired) electrons. The molecule has 0 rings (SSSR count). The quantitative estimate of drug-likeness (QED) is 0.0262. The number of hydrogen-bond donors (Lipinski definition) is 0. The van der Waals surface area contributed by atoms with Gasteiger partial charge in [-0.05, 0) is 32.1 Å². The minimum absolute atomic E-state index is 0.0926. The van der Waals surface area contributed by atoms with E-state index in [2.05, 4.69) is 26.8 Å². The first-order chi connectivity index (χ1) is 32.0. The number of esters is 3. The standard InChI is InChI=1S/C59H104O6/c1-4-7-10-13-16-19-22-25-27-29-30-32-34-37-40-43-46-49-52-58(61)64-55-56(54-63-57(60)51-48-45-42-39-36-33-24-21-18-15-12-9-6-3)65-59(62)53-50-47-44-41-38-35-31-28-26-23-20-17-14-11-8-5-2/h9,12,15,18,21,24,33,36,39,42,56H,4-8,10-11,13-14,16-17,19-20,22-23,25-32,34-35,37-38,40-41,43-55H2,1-3H3/b12-9-,18-15-,24-21-,36-33-,42-39-. The zero-order valence-corrected chi connectivity index (χ0v) is 43.0. The number of rotatable bonds is 50. The molecule has 0 N–H and O–H groups in total. The summed E-state index contributed by atoms with van der Waals surface area (Å²) in [7, 11) is 0. The highest BCUT2D eigenvalue weighted by atomic mass is 16.6. The summed E-state index contributed by atoms with van der Waals surface area (Å²) in [5.41, 5.74) is 0. The monoisotopic (exact) mass is 909 g/mol. The third kappa shape index (κ3) is 51.9. The molecular formula is C59H104O6. The van der Waals surface area contributed by atoms with E-state index in [9.17, 15) is 14.4 Å². The van der Waals surface area contributed by atoms with Crippen molar-refractivity contribution in [3.8, 4) is 0 Å². The second-order valence-corrected chi connectivity index (χ2v) is 18.6. The molecule has 0 saturated carbocycles. The smallest absolute Gasteiger partial charge is 0.306 e. The van der Waals surface area contributed by atoms with Crippen LogP contribution in [0.4, 0.5) is 0 Å². The normalized spacial score (nSPS) is 12.5. The van der Waals surface area contributed by atoms with E-state index in [0.717, 1.165) is 51.4 Å². The van der Waals surface area contributed by atoms with Gasteiger partial charge in [-0.2, -0.15) is 0 Å². The van der Waals surface area contributed by atoms with Crippen LogP contribution >= 0.6 is 0 Å². The van der Waals surface area contributed by atoms with Crippen LogP contribution in [0, 0.1) is 0 Å². The number of carbonyl (C=O) groups excluding carboxylic acids is 3. The van der Waals surface area contributed by atoms with Crippen LogP contribution in [0.2, 0.25) is 0 Å². The van der Waals surface area contributed by atoms with Crippen molar-refractivity contribution in [1.29, 1.82) is 0 Å². The fraction of sp³-hybridized carbons (Fsp3) is 0.780. The molecule has 0 aromatic rings. The lowest BCUT2D eigenvalue weighted by Crippen LogP contribution is -2.30. The molecule has 0 amide bonds. The van der Waals surface area contributed by atoms with E-state index in [1.54, 1.807) is 0 Å². The van der Waals surface area contributed by atoms with Crippen LogP contribution in [0.25, 0.3) is 0 Å². The molecule has 0 aromatic heterocycles. The van der Waals surface area contributed by atoms with E-state index in [-0.39, 0.29) is 37.5 Å². The zero-order chi connectivity index (χ0) is 47.2. The number of carbonyl (C=O) groups is 3. The van der Waals surface area contributed by atoms with Crippen molar-refractivity contribution in [2.24, 2.45) is 0 Å². The molecule has 1 unspecified atom stereocenters. The lowest BCUT2D eigenvalue weighted by Gasteiger charge is -2.18. The van der Waals surface area contributed by atoms with Crippen LogP contribution in [0.15, 0.2) is 60.8 Å². The molecule has 0 saturated heterocycles. The Labute approximate surface area is 402 Å². The summed E-state index contributed by atoms with van der Waals surface area (Å²) in [6.45, 7) is 6.47. The largest absolute Gasteiger partial charge is 0.462 e. The number of allylic oxidation sites excluding steroid dienone is 10. The molecule has 0 spiro atoms. The predicted octanol–water partition coefficient (Wildman–Crippen LogP) is 18.4. The first-order valence-corrected chi connectivity index (χ1v) is 27.9. The maximum Gasteiger partial charge on any atom is 0.306 e. The van der Waals surface area contributed by atoms with Gasteiger partial charge in [0.05, 0.1) is 0 Å². The number of hydrogen-bond acceptors (Lipinski definition) is 6. The van der Waals surface area contributed by atoms with Crippen LogP contribution in [0.1, 0.15) is 278 Å². The number of ether oxygens (including phenoxy) is 3. The van der Waals surface area contributed by atoms with E-state index in [1.807, 2.05) is 54.7 Å². The molecule has 0 aromatic carbocycles. The Morgan fingerprint density at radius 2 is 0.600 bits per heavy atom. The van der Waals surface area contributed by atoms with Gasteiger partial charge in [-0.3, -0.25) is 14.4 Å². The van der Waals surface area contributed by atoms with Crippen molar-refractivity contribution in [3.05, 3.63) is 60.8 Å². The Morgan fingerprint density at radius 1 is 0.323 bits per heavy atom. The Bertz CT molecular complexity index is 1180. The highest BCUT2D eigenvalue weighted by Gasteiger charge is 2.19. The molecule has 0 bridgehead atoms. The topological polar surface area (TPSA) is 78.9 Å². The predicted molar refractivity (Wildman–Crippen MR) is 279 cm³/mol. The van der Waals surface area contributed by atoms with Gasteiger partial charge in [0.1, 0.15) is 13.2 Å². The Balaban J connectivity index is 4.39. The molecule has 6 heteroatoms. The molecule has 0 aliphatic carbocycles. The Kier molecular flexibility index (Phi) is 51.3. The van der Waals surface area contributed by atoms with Crippen LogP contribution < -0.4 is 0 Å². The van der Waals surface area contributed by atoms with Gasteiger partial charge in [0.2, 0.25) is 0 Å². The average Bonchev–Trinajstić information content (AvgIpc) is 3.30. The van der Waals surface area contributed by atoms with Gasteiger partial charge in [0.25, 0.3) is 0 Å². The fourth-order valence-corrected chi connectivity index (χ4v) is 8.00. The van der Waals surface area contributed by atoms with E-state index in [4.69, 9.17) is 14.2 Å². The summed E-state index contributed by atoms with van der Waals surface area (Å²) in [5.74, 6) is -0.957. The van der Waals surface area contributed by atoms with E-state index < -0.39 is 6.10 Å². The van der Waals surface area contributed by atoms with Gasteiger partial charge in [0, 0.05) is 19.3 Å². The average molecular weight is 909 g/mol. The highest BCUT2D eigenvalue weighted by Crippen LogP contribution is 2.17. The second kappa shape index (κ2) is 53.7. The van der Waals surface area contributed by atoms with E-state index in [1.165, 1.54) is 180 Å². The van der Waals surface area contributed by atoms with Crippen molar-refractivity contribution < 1.29 is 28.6 Å². The van der Waals surface area contributed by atoms with Gasteiger partial charge in [-0.25, -0.2) is 0 Å². The van der Waals surface area contributed by atoms with E-state index >= 15 is 0 Å². The lowest BCUT2D eigenvalue weighted by molar-refractivity contribution is -0.167. The zero-order valence-electron chi connectivity index (χ0n) is 43.0. The lowest BCUT2D eigenvalue weighted by atomic mass is 10.0. The molecule has 0 fully saturated rings. The van der Waals surface area contributed by atoms with E-state index in [0.29, 0.717) is 19.3 Å². The third-order valence-electron chi connectivity index (χ3n) is 12.2. The maximum absolute atomic E-state index is 12.8. The molecular weight excluding hydrogens is 805 g/mol. The summed E-state index contributed by atoms with van der Waals surface area (Å²) < 4.78 is 16.8. The fourth-order valence-electron chi connectivity index (χ4n) is 8.00. The molecule has 0 aliphatic rings. The van der Waals surface area contributed by atoms with Crippen LogP contribution in [0.3, 0.4) is 0 Å². The first kappa shape index (κ1) is 62.1. The van der Waals surface area contributed by atoms with Crippen molar-refractivity contribution in [2.45, 2.75) is 284 Å². The third-order valence-corrected chi connectivity index (χ3v) is 12.2. The van der Waals surface area contributed by atoms with Gasteiger partial charge in [-0.15, -0.1) is 0 Å². The van der Waals surface area contributed by atoms with Gasteiger partial charge >= 0.3 is 17.9 Å². The highest BCUT2D eigenvalue weighted by molar-refractivity contribution is 5.71. The summed E-state index contributed by atoms with van der Waals surface area (Å²) >= 11 is 0. The SMILES string of the molecule is CC\C=C/C=C\C=C/C=C\C=C/CCCC(=O)OCC(COC(=O)CCCCCCCCCCCCCCCCCCCC)OC(=O)CCCCCCCCCCCCCCCCCC. The summed E-state index contributed by atoms with van der Waals surface area (Å²) in [5, 5.41) is 0. The summed E-state index contributed by atoms with van der Waals surface area (Å²) in [4.78, 5) is 38.0. The molecule has 0 aliphatic heterocycles. The van der Waals surface area contributed by atoms with Crippen molar-refractivity contribution in [2.75, 3.05) is 13.2 Å². The maximum atomic E-state index is 12.8. The molecule has 6 nitrogen and oxygen atoms in total. The number of unbranched alkanes of at least 4 members (excludes halogenated alkanes) is 33. The molecule has 376 valence electrons. The van der Waals surface area contributed by atoms with Crippen molar-refractivity contribution in [3.63, 3.8) is 0 Å². The van der Waals surface area contributed by atoms with Gasteiger partial charge in [0.15, 0.2) is 6.10 Å². The van der Waals surface area contributed by atoms with Crippen molar-refractivity contribution >= 4 is 17.9 Å². The molecule has 0 heterocycles. The second-order valence-electron chi connectivity index (χ2n) is 18.6. The Hall–Kier alpha value is -2.89. The van der Waals surface area contributed by atoms with Crippen LogP contribution in [-0.2, 0) is 28.6 Å². The van der Waals surface area contributed by atoms with Crippen LogP contribution in [0.5, 0.6) is 0 Å². The van der Waals surface area contributed by atoms with Gasteiger partial charge < -0.3 is 14.2 Å². The first-order valence-electron chi connectivity index (χ1n) is 27.9. The minimum Gasteiger partial charge on any atom is -0.462 e.